The van der Waals surface area contributed by atoms with Crippen LogP contribution < -0.4 is 9.64 Å². The van der Waals surface area contributed by atoms with E-state index in [0.29, 0.717) is 17.7 Å². The highest BCUT2D eigenvalue weighted by molar-refractivity contribution is 5.99. The summed E-state index contributed by atoms with van der Waals surface area (Å²) in [7, 11) is 4.01. The summed E-state index contributed by atoms with van der Waals surface area (Å²) >= 11 is 0. The molecule has 0 aromatic heterocycles. The molecule has 0 fully saturated rings. The van der Waals surface area contributed by atoms with Gasteiger partial charge in [-0.2, -0.15) is 0 Å². The van der Waals surface area contributed by atoms with Crippen LogP contribution in [0, 0.1) is 0 Å². The fraction of sp³-hybridized carbons (Fsp3) is 0.235. The highest BCUT2D eigenvalue weighted by Gasteiger charge is 2.27. The highest BCUT2D eigenvalue weighted by Crippen LogP contribution is 2.34. The number of nitrogens with zero attached hydrogens (tertiary/aromatic N) is 1. The van der Waals surface area contributed by atoms with Crippen LogP contribution >= 0.6 is 12.4 Å². The predicted octanol–water partition coefficient (Wildman–Crippen LogP) is 3.88. The van der Waals surface area contributed by atoms with E-state index in [9.17, 15) is 4.79 Å². The first-order chi connectivity index (χ1) is 9.65. The summed E-state index contributed by atoms with van der Waals surface area (Å²) in [5.74, 6) is 0.832. The van der Waals surface area contributed by atoms with E-state index in [1.807, 2.05) is 67.5 Å². The molecule has 0 saturated heterocycles. The molecule has 1 aliphatic rings. The lowest BCUT2D eigenvalue weighted by Crippen LogP contribution is -2.20. The van der Waals surface area contributed by atoms with E-state index in [4.69, 9.17) is 4.74 Å². The number of carbonyl (C=O) groups excluding carboxylic acids is 1. The first-order valence-electron chi connectivity index (χ1n) is 6.71. The smallest absolute Gasteiger partial charge is 0.170 e. The zero-order valence-electron chi connectivity index (χ0n) is 12.1. The number of benzene rings is 2. The van der Waals surface area contributed by atoms with Crippen molar-refractivity contribution in [1.82, 2.24) is 0 Å². The Kier molecular flexibility index (Phi) is 4.53. The Hall–Kier alpha value is -2.00. The molecule has 0 radical (unpaired) electrons. The number of rotatable bonds is 2. The van der Waals surface area contributed by atoms with Gasteiger partial charge in [0.15, 0.2) is 5.78 Å². The van der Waals surface area contributed by atoms with E-state index in [1.165, 1.54) is 0 Å². The van der Waals surface area contributed by atoms with E-state index in [-0.39, 0.29) is 24.3 Å². The normalized spacial score (nSPS) is 16.5. The van der Waals surface area contributed by atoms with Crippen molar-refractivity contribution in [3.05, 3.63) is 59.7 Å². The van der Waals surface area contributed by atoms with Gasteiger partial charge in [-0.15, -0.1) is 12.4 Å². The van der Waals surface area contributed by atoms with Crippen molar-refractivity contribution in [3.8, 4) is 5.75 Å². The molecule has 0 bridgehead atoms. The van der Waals surface area contributed by atoms with Crippen LogP contribution in [0.5, 0.6) is 5.75 Å². The monoisotopic (exact) mass is 303 g/mol. The minimum absolute atomic E-state index is 0. The maximum absolute atomic E-state index is 12.2. The first kappa shape index (κ1) is 15.4. The summed E-state index contributed by atoms with van der Waals surface area (Å²) in [4.78, 5) is 14.2. The number of hydrogen-bond donors (Lipinski definition) is 0. The number of para-hydroxylation sites is 1. The molecule has 2 aromatic rings. The van der Waals surface area contributed by atoms with Gasteiger partial charge in [-0.3, -0.25) is 4.79 Å². The number of Topliss-reactive ketones (excluding diaryl/α,β-unsaturated/α-hetero) is 1. The van der Waals surface area contributed by atoms with Crippen LogP contribution in [0.4, 0.5) is 5.69 Å². The van der Waals surface area contributed by atoms with Crippen molar-refractivity contribution >= 4 is 23.9 Å². The summed E-state index contributed by atoms with van der Waals surface area (Å²) in [5, 5.41) is 0. The van der Waals surface area contributed by atoms with Crippen molar-refractivity contribution in [3.63, 3.8) is 0 Å². The maximum atomic E-state index is 12.2. The number of halogens is 1. The van der Waals surface area contributed by atoms with Crippen LogP contribution in [0.2, 0.25) is 0 Å². The largest absolute Gasteiger partial charge is 0.484 e. The average Bonchev–Trinajstić information content (AvgIpc) is 2.47. The summed E-state index contributed by atoms with van der Waals surface area (Å²) in [5.41, 5.74) is 2.86. The second kappa shape index (κ2) is 6.19. The minimum Gasteiger partial charge on any atom is -0.484 e. The van der Waals surface area contributed by atoms with Crippen LogP contribution in [-0.2, 0) is 0 Å². The zero-order valence-corrected chi connectivity index (χ0v) is 12.9. The van der Waals surface area contributed by atoms with Gasteiger partial charge in [0.25, 0.3) is 0 Å². The van der Waals surface area contributed by atoms with Crippen LogP contribution in [-0.4, -0.2) is 19.9 Å². The van der Waals surface area contributed by atoms with Gasteiger partial charge in [0.1, 0.15) is 11.9 Å². The number of hydrogen-bond acceptors (Lipinski definition) is 3. The van der Waals surface area contributed by atoms with Gasteiger partial charge in [0, 0.05) is 19.8 Å². The molecule has 0 saturated carbocycles. The number of ketones is 1. The molecule has 1 atom stereocenters. The second-order valence-corrected chi connectivity index (χ2v) is 5.22. The van der Waals surface area contributed by atoms with Gasteiger partial charge in [-0.25, -0.2) is 0 Å². The van der Waals surface area contributed by atoms with Crippen LogP contribution in [0.25, 0.3) is 0 Å². The van der Waals surface area contributed by atoms with Crippen LogP contribution in [0.3, 0.4) is 0 Å². The van der Waals surface area contributed by atoms with Crippen molar-refractivity contribution in [2.75, 3.05) is 19.0 Å². The number of anilines is 1. The van der Waals surface area contributed by atoms with E-state index in [1.54, 1.807) is 0 Å². The molecule has 0 N–H and O–H groups in total. The molecule has 3 nitrogen and oxygen atoms in total. The molecule has 0 aliphatic carbocycles. The third-order valence-corrected chi connectivity index (χ3v) is 3.61. The molecule has 0 amide bonds. The quantitative estimate of drug-likeness (QED) is 0.843. The molecule has 21 heavy (non-hydrogen) atoms. The molecular weight excluding hydrogens is 286 g/mol. The molecular formula is C17H18ClNO2. The SMILES string of the molecule is CN(C)c1ccc([C@H]2CC(=O)c3ccccc3O2)cc1.Cl. The van der Waals surface area contributed by atoms with E-state index in [0.717, 1.165) is 11.3 Å². The molecule has 110 valence electrons. The molecule has 4 heteroatoms. The van der Waals surface area contributed by atoms with Gasteiger partial charge in [-0.05, 0) is 29.8 Å². The Morgan fingerprint density at radius 1 is 1.05 bits per heavy atom. The van der Waals surface area contributed by atoms with Crippen LogP contribution in [0.15, 0.2) is 48.5 Å². The zero-order chi connectivity index (χ0) is 14.1. The summed E-state index contributed by atoms with van der Waals surface area (Å²) < 4.78 is 5.95. The number of ether oxygens (including phenoxy) is 1. The molecule has 3 rings (SSSR count). The molecule has 2 aromatic carbocycles. The Bertz CT molecular complexity index is 637. The number of fused-ring (bicyclic) bond motifs is 1. The maximum Gasteiger partial charge on any atom is 0.170 e. The van der Waals surface area contributed by atoms with Gasteiger partial charge in [0.2, 0.25) is 0 Å². The Labute approximate surface area is 130 Å². The Morgan fingerprint density at radius 3 is 2.38 bits per heavy atom. The summed E-state index contributed by atoms with van der Waals surface area (Å²) in [6, 6.07) is 15.6. The fourth-order valence-corrected chi connectivity index (χ4v) is 2.45. The molecule has 1 aliphatic heterocycles. The van der Waals surface area contributed by atoms with Crippen LogP contribution in [0.1, 0.15) is 28.4 Å². The van der Waals surface area contributed by atoms with Crippen molar-refractivity contribution in [2.45, 2.75) is 12.5 Å². The van der Waals surface area contributed by atoms with Gasteiger partial charge >= 0.3 is 0 Å². The summed E-state index contributed by atoms with van der Waals surface area (Å²) in [6.07, 6.45) is 0.215. The highest BCUT2D eigenvalue weighted by atomic mass is 35.5. The van der Waals surface area contributed by atoms with Gasteiger partial charge in [-0.1, -0.05) is 24.3 Å². The van der Waals surface area contributed by atoms with Crippen molar-refractivity contribution in [1.29, 1.82) is 0 Å². The standard InChI is InChI=1S/C17H17NO2.ClH/c1-18(2)13-9-7-12(8-10-13)17-11-15(19)14-5-3-4-6-16(14)20-17;/h3-10,17H,11H2,1-2H3;1H/t17-;/m1./s1. The lowest BCUT2D eigenvalue weighted by molar-refractivity contribution is 0.0850. The van der Waals surface area contributed by atoms with Crippen molar-refractivity contribution in [2.24, 2.45) is 0 Å². The van der Waals surface area contributed by atoms with Crippen molar-refractivity contribution < 1.29 is 9.53 Å². The minimum atomic E-state index is -0.186. The molecule has 1 heterocycles. The van der Waals surface area contributed by atoms with E-state index >= 15 is 0 Å². The predicted molar refractivity (Wildman–Crippen MR) is 86.8 cm³/mol. The van der Waals surface area contributed by atoms with Gasteiger partial charge < -0.3 is 9.64 Å². The Morgan fingerprint density at radius 2 is 1.71 bits per heavy atom. The second-order valence-electron chi connectivity index (χ2n) is 5.22. The topological polar surface area (TPSA) is 29.5 Å². The van der Waals surface area contributed by atoms with Gasteiger partial charge in [0.05, 0.1) is 12.0 Å². The first-order valence-corrected chi connectivity index (χ1v) is 6.71. The molecule has 0 unspecified atom stereocenters. The third-order valence-electron chi connectivity index (χ3n) is 3.61. The third kappa shape index (κ3) is 3.03. The Balaban J connectivity index is 0.00000161. The number of carbonyl (C=O) groups is 1. The lowest BCUT2D eigenvalue weighted by atomic mass is 9.96. The van der Waals surface area contributed by atoms with E-state index in [2.05, 4.69) is 0 Å². The molecule has 0 spiro atoms. The fourth-order valence-electron chi connectivity index (χ4n) is 2.45. The summed E-state index contributed by atoms with van der Waals surface area (Å²) in [6.45, 7) is 0. The lowest BCUT2D eigenvalue weighted by Gasteiger charge is -2.25. The van der Waals surface area contributed by atoms with E-state index < -0.39 is 0 Å². The average molecular weight is 304 g/mol.